The van der Waals surface area contributed by atoms with E-state index in [0.717, 1.165) is 6.07 Å². The number of rotatable bonds is 2. The molecule has 6 heteroatoms. The van der Waals surface area contributed by atoms with Crippen molar-refractivity contribution in [2.24, 2.45) is 0 Å². The Labute approximate surface area is 77.5 Å². The zero-order valence-electron chi connectivity index (χ0n) is 6.48. The van der Waals surface area contributed by atoms with Crippen molar-refractivity contribution in [3.8, 4) is 0 Å². The Morgan fingerprint density at radius 1 is 1.62 bits per heavy atom. The molecule has 0 saturated carbocycles. The highest BCUT2D eigenvalue weighted by Crippen LogP contribution is 2.26. The van der Waals surface area contributed by atoms with Crippen molar-refractivity contribution in [1.82, 2.24) is 4.98 Å². The summed E-state index contributed by atoms with van der Waals surface area (Å²) in [6.45, 7) is 0. The standard InChI is InChI=1S/C7H7ClF2N2O/c8-2-3-1-4(13)12-7(11)5(3)6(9)10/h1,6H,2H2,(H3,11,12,13). The average molecular weight is 209 g/mol. The van der Waals surface area contributed by atoms with Crippen molar-refractivity contribution in [2.45, 2.75) is 12.3 Å². The Morgan fingerprint density at radius 3 is 2.69 bits per heavy atom. The summed E-state index contributed by atoms with van der Waals surface area (Å²) in [5.74, 6) is -0.480. The van der Waals surface area contributed by atoms with Crippen LogP contribution in [0.15, 0.2) is 10.9 Å². The quantitative estimate of drug-likeness (QED) is 0.726. The fraction of sp³-hybridized carbons (Fsp3) is 0.286. The molecule has 3 nitrogen and oxygen atoms in total. The van der Waals surface area contributed by atoms with Crippen LogP contribution in [0, 0.1) is 0 Å². The number of hydrogen-bond donors (Lipinski definition) is 2. The van der Waals surface area contributed by atoms with E-state index in [4.69, 9.17) is 17.3 Å². The molecule has 0 aromatic carbocycles. The molecule has 3 N–H and O–H groups in total. The van der Waals surface area contributed by atoms with Crippen molar-refractivity contribution in [3.05, 3.63) is 27.5 Å². The largest absolute Gasteiger partial charge is 0.385 e. The third kappa shape index (κ3) is 1.98. The summed E-state index contributed by atoms with van der Waals surface area (Å²) in [6, 6.07) is 1.02. The fourth-order valence-electron chi connectivity index (χ4n) is 1.01. The lowest BCUT2D eigenvalue weighted by Gasteiger charge is -2.07. The molecule has 0 fully saturated rings. The van der Waals surface area contributed by atoms with Gasteiger partial charge in [-0.3, -0.25) is 4.79 Å². The first-order valence-corrected chi connectivity index (χ1v) is 3.95. The minimum atomic E-state index is -2.73. The molecule has 1 rings (SSSR count). The number of aromatic nitrogens is 1. The smallest absolute Gasteiger partial charge is 0.267 e. The first-order chi connectivity index (χ1) is 6.06. The summed E-state index contributed by atoms with van der Waals surface area (Å²) in [7, 11) is 0. The Morgan fingerprint density at radius 2 is 2.23 bits per heavy atom. The summed E-state index contributed by atoms with van der Waals surface area (Å²) >= 11 is 5.38. The highest BCUT2D eigenvalue weighted by Gasteiger charge is 2.17. The molecule has 0 aliphatic heterocycles. The molecule has 0 aliphatic rings. The zero-order chi connectivity index (χ0) is 10.0. The van der Waals surface area contributed by atoms with E-state index in [-0.39, 0.29) is 17.3 Å². The number of nitrogen functional groups attached to an aromatic ring is 1. The average Bonchev–Trinajstić information content (AvgIpc) is 2.01. The lowest BCUT2D eigenvalue weighted by atomic mass is 10.1. The molecule has 1 heterocycles. The first kappa shape index (κ1) is 9.98. The molecular weight excluding hydrogens is 202 g/mol. The van der Waals surface area contributed by atoms with E-state index in [1.807, 2.05) is 0 Å². The van der Waals surface area contributed by atoms with E-state index < -0.39 is 17.5 Å². The van der Waals surface area contributed by atoms with Crippen LogP contribution in [-0.4, -0.2) is 4.98 Å². The maximum absolute atomic E-state index is 12.3. The fourth-order valence-corrected chi connectivity index (χ4v) is 1.23. The van der Waals surface area contributed by atoms with E-state index in [1.54, 1.807) is 0 Å². The lowest BCUT2D eigenvalue weighted by molar-refractivity contribution is 0.151. The summed E-state index contributed by atoms with van der Waals surface area (Å²) in [5.41, 5.74) is 4.35. The monoisotopic (exact) mass is 208 g/mol. The van der Waals surface area contributed by atoms with Crippen molar-refractivity contribution in [2.75, 3.05) is 5.73 Å². The molecule has 0 amide bonds. The Kier molecular flexibility index (Phi) is 2.87. The van der Waals surface area contributed by atoms with Gasteiger partial charge in [0.25, 0.3) is 6.43 Å². The predicted octanol–water partition coefficient (Wildman–Crippen LogP) is 1.63. The van der Waals surface area contributed by atoms with Gasteiger partial charge in [0, 0.05) is 11.9 Å². The van der Waals surface area contributed by atoms with Gasteiger partial charge >= 0.3 is 0 Å². The number of H-pyrrole nitrogens is 1. The SMILES string of the molecule is Nc1[nH]c(=O)cc(CCl)c1C(F)F. The van der Waals surface area contributed by atoms with Gasteiger partial charge in [-0.2, -0.15) is 0 Å². The Hall–Kier alpha value is -1.10. The third-order valence-corrected chi connectivity index (χ3v) is 1.85. The van der Waals surface area contributed by atoms with E-state index in [0.29, 0.717) is 0 Å². The van der Waals surface area contributed by atoms with Crippen molar-refractivity contribution >= 4 is 17.4 Å². The van der Waals surface area contributed by atoms with E-state index in [9.17, 15) is 13.6 Å². The number of nitrogens with two attached hydrogens (primary N) is 1. The molecule has 0 aliphatic carbocycles. The number of anilines is 1. The first-order valence-electron chi connectivity index (χ1n) is 3.42. The summed E-state index contributed by atoms with van der Waals surface area (Å²) in [6.07, 6.45) is -2.73. The van der Waals surface area contributed by atoms with Crippen LogP contribution in [-0.2, 0) is 5.88 Å². The van der Waals surface area contributed by atoms with Crippen LogP contribution >= 0.6 is 11.6 Å². The summed E-state index contributed by atoms with van der Waals surface area (Å²) in [4.78, 5) is 12.9. The number of halogens is 3. The Balaban J connectivity index is 3.38. The maximum atomic E-state index is 12.3. The molecule has 1 aromatic heterocycles. The maximum Gasteiger partial charge on any atom is 0.267 e. The lowest BCUT2D eigenvalue weighted by Crippen LogP contribution is -2.13. The second kappa shape index (κ2) is 3.74. The van der Waals surface area contributed by atoms with Crippen LogP contribution in [0.1, 0.15) is 17.6 Å². The highest BCUT2D eigenvalue weighted by atomic mass is 35.5. The van der Waals surface area contributed by atoms with Gasteiger partial charge in [-0.15, -0.1) is 11.6 Å². The van der Waals surface area contributed by atoms with E-state index >= 15 is 0 Å². The van der Waals surface area contributed by atoms with Gasteiger partial charge in [0.2, 0.25) is 5.56 Å². The van der Waals surface area contributed by atoms with Gasteiger partial charge < -0.3 is 10.7 Å². The molecule has 72 valence electrons. The Bertz CT molecular complexity index is 364. The molecule has 0 bridgehead atoms. The molecule has 0 atom stereocenters. The minimum absolute atomic E-state index is 0.0675. The number of aromatic amines is 1. The minimum Gasteiger partial charge on any atom is -0.385 e. The second-order valence-electron chi connectivity index (χ2n) is 2.42. The van der Waals surface area contributed by atoms with Gasteiger partial charge in [0.1, 0.15) is 5.82 Å². The second-order valence-corrected chi connectivity index (χ2v) is 2.69. The van der Waals surface area contributed by atoms with Crippen LogP contribution in [0.5, 0.6) is 0 Å². The molecule has 1 aromatic rings. The number of nitrogens with one attached hydrogen (secondary N) is 1. The van der Waals surface area contributed by atoms with Crippen LogP contribution in [0.2, 0.25) is 0 Å². The van der Waals surface area contributed by atoms with E-state index in [2.05, 4.69) is 4.98 Å². The van der Waals surface area contributed by atoms with E-state index in [1.165, 1.54) is 0 Å². The molecule has 0 unspecified atom stereocenters. The van der Waals surface area contributed by atoms with Crippen LogP contribution in [0.25, 0.3) is 0 Å². The number of hydrogen-bond acceptors (Lipinski definition) is 2. The van der Waals surface area contributed by atoms with Gasteiger partial charge in [-0.1, -0.05) is 0 Å². The molecule has 0 radical (unpaired) electrons. The van der Waals surface area contributed by atoms with Gasteiger partial charge in [-0.25, -0.2) is 8.78 Å². The number of pyridine rings is 1. The number of alkyl halides is 3. The normalized spacial score (nSPS) is 10.8. The van der Waals surface area contributed by atoms with Crippen molar-refractivity contribution in [3.63, 3.8) is 0 Å². The molecule has 0 spiro atoms. The van der Waals surface area contributed by atoms with Crippen LogP contribution < -0.4 is 11.3 Å². The van der Waals surface area contributed by atoms with Crippen LogP contribution in [0.4, 0.5) is 14.6 Å². The topological polar surface area (TPSA) is 58.9 Å². The predicted molar refractivity (Wildman–Crippen MR) is 46.0 cm³/mol. The molecule has 13 heavy (non-hydrogen) atoms. The van der Waals surface area contributed by atoms with Gasteiger partial charge in [0.05, 0.1) is 5.56 Å². The highest BCUT2D eigenvalue weighted by molar-refractivity contribution is 6.17. The third-order valence-electron chi connectivity index (χ3n) is 1.56. The molecular formula is C7H7ClF2N2O. The van der Waals surface area contributed by atoms with Crippen molar-refractivity contribution in [1.29, 1.82) is 0 Å². The zero-order valence-corrected chi connectivity index (χ0v) is 7.24. The molecule has 0 saturated heterocycles. The van der Waals surface area contributed by atoms with Gasteiger partial charge in [0.15, 0.2) is 0 Å². The van der Waals surface area contributed by atoms with Crippen molar-refractivity contribution < 1.29 is 8.78 Å². The van der Waals surface area contributed by atoms with Crippen LogP contribution in [0.3, 0.4) is 0 Å². The summed E-state index contributed by atoms with van der Waals surface area (Å²) in [5, 5.41) is 0. The summed E-state index contributed by atoms with van der Waals surface area (Å²) < 4.78 is 24.7. The van der Waals surface area contributed by atoms with Gasteiger partial charge in [-0.05, 0) is 5.56 Å².